The molecule has 1 N–H and O–H groups in total. The second-order valence-corrected chi connectivity index (χ2v) is 9.47. The Hall–Kier alpha value is -2.95. The molecule has 2 aliphatic heterocycles. The third kappa shape index (κ3) is 4.47. The molecule has 1 saturated heterocycles. The number of nitrogens with one attached hydrogen (secondary N) is 1. The van der Waals surface area contributed by atoms with Gasteiger partial charge in [0.25, 0.3) is 0 Å². The van der Waals surface area contributed by atoms with Crippen molar-refractivity contribution < 1.29 is 27.5 Å². The second kappa shape index (κ2) is 9.27. The van der Waals surface area contributed by atoms with E-state index in [1.165, 1.54) is 22.4 Å². The minimum Gasteiger partial charge on any atom is -0.495 e. The monoisotopic (exact) mass is 459 g/mol. The normalized spacial score (nSPS) is 17.0. The van der Waals surface area contributed by atoms with Crippen LogP contribution in [0, 0.1) is 0 Å². The van der Waals surface area contributed by atoms with Crippen molar-refractivity contribution in [3.05, 3.63) is 48.0 Å². The number of nitrogens with zero attached hydrogens (tertiary/aromatic N) is 2. The van der Waals surface area contributed by atoms with Crippen LogP contribution in [-0.4, -0.2) is 64.5 Å². The van der Waals surface area contributed by atoms with Crippen molar-refractivity contribution in [1.29, 1.82) is 0 Å². The molecule has 0 radical (unpaired) electrons. The third-order valence-electron chi connectivity index (χ3n) is 5.54. The summed E-state index contributed by atoms with van der Waals surface area (Å²) < 4.78 is 37.8. The molecule has 2 aliphatic rings. The van der Waals surface area contributed by atoms with Crippen molar-refractivity contribution >= 4 is 33.2 Å². The highest BCUT2D eigenvalue weighted by Gasteiger charge is 2.30. The number of carbonyl (C=O) groups excluding carboxylic acids is 2. The van der Waals surface area contributed by atoms with Crippen LogP contribution >= 0.6 is 0 Å². The molecule has 0 spiro atoms. The summed E-state index contributed by atoms with van der Waals surface area (Å²) in [6.45, 7) is 1.18. The maximum Gasteiger partial charge on any atom is 0.244 e. The van der Waals surface area contributed by atoms with E-state index in [2.05, 4.69) is 5.32 Å². The molecule has 2 aromatic rings. The molecule has 0 atom stereocenters. The maximum atomic E-state index is 13.0. The Morgan fingerprint density at radius 3 is 2.62 bits per heavy atom. The van der Waals surface area contributed by atoms with Gasteiger partial charge in [-0.3, -0.25) is 9.59 Å². The van der Waals surface area contributed by atoms with Gasteiger partial charge in [0.1, 0.15) is 12.3 Å². The van der Waals surface area contributed by atoms with E-state index >= 15 is 0 Å². The largest absolute Gasteiger partial charge is 0.495 e. The summed E-state index contributed by atoms with van der Waals surface area (Å²) in [5, 5.41) is 2.77. The molecule has 32 heavy (non-hydrogen) atoms. The van der Waals surface area contributed by atoms with Crippen LogP contribution in [0.2, 0.25) is 0 Å². The SMILES string of the molecule is COc1ccccc1NC(=O)CN1C(=O)CCc2cc(S(=O)(=O)N3CCOCC3)ccc21. The lowest BCUT2D eigenvalue weighted by molar-refractivity contribution is -0.121. The first-order chi connectivity index (χ1) is 15.4. The zero-order chi connectivity index (χ0) is 22.7. The minimum atomic E-state index is -3.64. The summed E-state index contributed by atoms with van der Waals surface area (Å²) in [6.07, 6.45) is 0.626. The summed E-state index contributed by atoms with van der Waals surface area (Å²) in [7, 11) is -2.13. The molecular weight excluding hydrogens is 434 g/mol. The van der Waals surface area contributed by atoms with Gasteiger partial charge in [0.05, 0.1) is 30.9 Å². The van der Waals surface area contributed by atoms with Crippen LogP contribution in [-0.2, 0) is 30.8 Å². The number of rotatable bonds is 6. The first kappa shape index (κ1) is 22.3. The molecule has 170 valence electrons. The van der Waals surface area contributed by atoms with Gasteiger partial charge in [-0.15, -0.1) is 0 Å². The molecular formula is C22H25N3O6S. The average Bonchev–Trinajstić information content (AvgIpc) is 2.81. The third-order valence-corrected chi connectivity index (χ3v) is 7.44. The molecule has 4 rings (SSSR count). The van der Waals surface area contributed by atoms with Crippen molar-refractivity contribution in [2.24, 2.45) is 0 Å². The number of carbonyl (C=O) groups is 2. The van der Waals surface area contributed by atoms with E-state index in [4.69, 9.17) is 9.47 Å². The molecule has 10 heteroatoms. The fourth-order valence-electron chi connectivity index (χ4n) is 3.89. The van der Waals surface area contributed by atoms with E-state index in [0.717, 1.165) is 5.56 Å². The number of hydrogen-bond donors (Lipinski definition) is 1. The first-order valence-corrected chi connectivity index (χ1v) is 11.8. The number of hydrogen-bond acceptors (Lipinski definition) is 6. The molecule has 2 heterocycles. The zero-order valence-electron chi connectivity index (χ0n) is 17.7. The van der Waals surface area contributed by atoms with E-state index in [9.17, 15) is 18.0 Å². The smallest absolute Gasteiger partial charge is 0.244 e. The van der Waals surface area contributed by atoms with Gasteiger partial charge in [-0.1, -0.05) is 12.1 Å². The van der Waals surface area contributed by atoms with Gasteiger partial charge in [-0.2, -0.15) is 4.31 Å². The molecule has 1 fully saturated rings. The topological polar surface area (TPSA) is 105 Å². The molecule has 0 aliphatic carbocycles. The molecule has 0 unspecified atom stereocenters. The number of amides is 2. The van der Waals surface area contributed by atoms with Crippen LogP contribution in [0.1, 0.15) is 12.0 Å². The summed E-state index contributed by atoms with van der Waals surface area (Å²) in [5.74, 6) is -0.0404. The summed E-state index contributed by atoms with van der Waals surface area (Å²) in [5.41, 5.74) is 1.79. The molecule has 2 amide bonds. The highest BCUT2D eigenvalue weighted by molar-refractivity contribution is 7.89. The molecule has 0 aromatic heterocycles. The van der Waals surface area contributed by atoms with Crippen molar-refractivity contribution in [2.45, 2.75) is 17.7 Å². The number of para-hydroxylation sites is 2. The number of morpholine rings is 1. The van der Waals surface area contributed by atoms with E-state index in [-0.39, 0.29) is 29.7 Å². The number of ether oxygens (including phenoxy) is 2. The summed E-state index contributed by atoms with van der Waals surface area (Å²) in [6, 6.07) is 11.7. The Kier molecular flexibility index (Phi) is 6.45. The predicted octanol–water partition coefficient (Wildman–Crippen LogP) is 1.63. The Bertz CT molecular complexity index is 1130. The highest BCUT2D eigenvalue weighted by Crippen LogP contribution is 2.31. The van der Waals surface area contributed by atoms with Crippen molar-refractivity contribution in [1.82, 2.24) is 4.31 Å². The van der Waals surface area contributed by atoms with Gasteiger partial charge in [-0.05, 0) is 42.3 Å². The lowest BCUT2D eigenvalue weighted by Crippen LogP contribution is -2.42. The van der Waals surface area contributed by atoms with E-state index in [1.807, 2.05) is 0 Å². The minimum absolute atomic E-state index is 0.181. The predicted molar refractivity (Wildman–Crippen MR) is 118 cm³/mol. The fraction of sp³-hybridized carbons (Fsp3) is 0.364. The number of benzene rings is 2. The van der Waals surface area contributed by atoms with E-state index in [1.54, 1.807) is 36.4 Å². The highest BCUT2D eigenvalue weighted by atomic mass is 32.2. The zero-order valence-corrected chi connectivity index (χ0v) is 18.6. The molecule has 0 saturated carbocycles. The first-order valence-electron chi connectivity index (χ1n) is 10.3. The molecule has 9 nitrogen and oxygen atoms in total. The van der Waals surface area contributed by atoms with Crippen LogP contribution in [0.5, 0.6) is 5.75 Å². The van der Waals surface area contributed by atoms with Crippen LogP contribution in [0.4, 0.5) is 11.4 Å². The summed E-state index contributed by atoms with van der Waals surface area (Å²) in [4.78, 5) is 26.8. The van der Waals surface area contributed by atoms with Gasteiger partial charge < -0.3 is 19.7 Å². The number of anilines is 2. The summed E-state index contributed by atoms with van der Waals surface area (Å²) >= 11 is 0. The van der Waals surface area contributed by atoms with Crippen LogP contribution in [0.15, 0.2) is 47.4 Å². The Morgan fingerprint density at radius 2 is 1.88 bits per heavy atom. The van der Waals surface area contributed by atoms with Crippen molar-refractivity contribution in [3.8, 4) is 5.75 Å². The number of methoxy groups -OCH3 is 1. The number of fused-ring (bicyclic) bond motifs is 1. The van der Waals surface area contributed by atoms with Gasteiger partial charge >= 0.3 is 0 Å². The maximum absolute atomic E-state index is 13.0. The Balaban J connectivity index is 1.54. The number of aryl methyl sites for hydroxylation is 1. The average molecular weight is 460 g/mol. The van der Waals surface area contributed by atoms with Gasteiger partial charge in [0.2, 0.25) is 21.8 Å². The van der Waals surface area contributed by atoms with Crippen LogP contribution in [0.25, 0.3) is 0 Å². The Labute approximate surface area is 187 Å². The lowest BCUT2D eigenvalue weighted by Gasteiger charge is -2.30. The quantitative estimate of drug-likeness (QED) is 0.704. The molecule has 2 aromatic carbocycles. The van der Waals surface area contributed by atoms with Crippen LogP contribution < -0.4 is 15.0 Å². The van der Waals surface area contributed by atoms with Crippen molar-refractivity contribution in [2.75, 3.05) is 50.2 Å². The lowest BCUT2D eigenvalue weighted by atomic mass is 10.0. The number of sulfonamides is 1. The van der Waals surface area contributed by atoms with Gasteiger partial charge in [-0.25, -0.2) is 8.42 Å². The van der Waals surface area contributed by atoms with Gasteiger partial charge in [0.15, 0.2) is 0 Å². The van der Waals surface area contributed by atoms with E-state index < -0.39 is 10.0 Å². The van der Waals surface area contributed by atoms with Crippen molar-refractivity contribution in [3.63, 3.8) is 0 Å². The van der Waals surface area contributed by atoms with Gasteiger partial charge in [0, 0.05) is 25.2 Å². The fourth-order valence-corrected chi connectivity index (χ4v) is 5.35. The molecule has 0 bridgehead atoms. The van der Waals surface area contributed by atoms with E-state index in [0.29, 0.717) is 49.8 Å². The standard InChI is InChI=1S/C22H25N3O6S/c1-30-20-5-3-2-4-18(20)23-21(26)15-25-19-8-7-17(14-16(19)6-9-22(25)27)32(28,29)24-10-12-31-13-11-24/h2-5,7-8,14H,6,9-13,15H2,1H3,(H,23,26). The second-order valence-electron chi connectivity index (χ2n) is 7.54. The Morgan fingerprint density at radius 1 is 1.12 bits per heavy atom. The van der Waals surface area contributed by atoms with Crippen LogP contribution in [0.3, 0.4) is 0 Å².